The first kappa shape index (κ1) is 16.6. The maximum atomic E-state index is 12.8. The minimum atomic E-state index is -0.866. The summed E-state index contributed by atoms with van der Waals surface area (Å²) < 4.78 is 0. The molecule has 116 valence electrons. The molecule has 1 aliphatic rings. The Morgan fingerprint density at radius 3 is 2.48 bits per heavy atom. The van der Waals surface area contributed by atoms with Crippen molar-refractivity contribution >= 4 is 29.1 Å². The summed E-state index contributed by atoms with van der Waals surface area (Å²) in [5, 5.41) is 0. The maximum absolute atomic E-state index is 12.8. The van der Waals surface area contributed by atoms with Crippen molar-refractivity contribution in [2.75, 3.05) is 6.54 Å². The van der Waals surface area contributed by atoms with Gasteiger partial charge in [0.15, 0.2) is 0 Å². The molecule has 2 atom stereocenters. The van der Waals surface area contributed by atoms with Crippen LogP contribution in [0.4, 0.5) is 0 Å². The van der Waals surface area contributed by atoms with Crippen LogP contribution < -0.4 is 0 Å². The molecule has 0 N–H and O–H groups in total. The minimum absolute atomic E-state index is 0.0218. The van der Waals surface area contributed by atoms with Crippen LogP contribution in [0, 0.1) is 5.92 Å². The third-order valence-electron chi connectivity index (χ3n) is 4.26. The van der Waals surface area contributed by atoms with Crippen LogP contribution in [0.2, 0.25) is 0 Å². The lowest BCUT2D eigenvalue weighted by Crippen LogP contribution is -2.44. The lowest BCUT2D eigenvalue weighted by atomic mass is 9.82. The number of hydrogen-bond acceptors (Lipinski definition) is 1. The summed E-state index contributed by atoms with van der Waals surface area (Å²) in [5.74, 6) is -0.0295. The predicted octanol–water partition coefficient (Wildman–Crippen LogP) is 4.44. The largest absolute Gasteiger partial charge is 0.336 e. The maximum Gasteiger partial charge on any atom is 0.244 e. The smallest absolute Gasteiger partial charge is 0.244 e. The fourth-order valence-electron chi connectivity index (χ4n) is 3.21. The molecule has 0 saturated carbocycles. The molecule has 1 saturated heterocycles. The molecule has 21 heavy (non-hydrogen) atoms. The minimum Gasteiger partial charge on any atom is -0.336 e. The van der Waals surface area contributed by atoms with Crippen molar-refractivity contribution in [1.29, 1.82) is 0 Å². The summed E-state index contributed by atoms with van der Waals surface area (Å²) in [6.45, 7) is 7.17. The highest BCUT2D eigenvalue weighted by Crippen LogP contribution is 2.47. The van der Waals surface area contributed by atoms with E-state index in [4.69, 9.17) is 23.2 Å². The first-order valence-corrected chi connectivity index (χ1v) is 8.25. The normalized spacial score (nSPS) is 26.4. The van der Waals surface area contributed by atoms with E-state index in [1.165, 1.54) is 0 Å². The molecule has 0 spiro atoms. The van der Waals surface area contributed by atoms with Gasteiger partial charge in [-0.15, -0.1) is 23.2 Å². The molecule has 0 bridgehead atoms. The third-order valence-corrected chi connectivity index (χ3v) is 5.13. The van der Waals surface area contributed by atoms with E-state index < -0.39 is 9.75 Å². The van der Waals surface area contributed by atoms with Crippen LogP contribution in [0.3, 0.4) is 0 Å². The van der Waals surface area contributed by atoms with Gasteiger partial charge in [-0.3, -0.25) is 4.79 Å². The zero-order chi connectivity index (χ0) is 15.7. The zero-order valence-electron chi connectivity index (χ0n) is 12.9. The molecular formula is C17H23Cl2NO. The lowest BCUT2D eigenvalue weighted by molar-refractivity contribution is -0.130. The number of alkyl halides is 2. The number of likely N-dealkylation sites (tertiary alicyclic amines) is 1. The van der Waals surface area contributed by atoms with Gasteiger partial charge in [0.05, 0.1) is 0 Å². The molecule has 0 radical (unpaired) electrons. The third kappa shape index (κ3) is 3.37. The molecule has 1 aromatic carbocycles. The van der Waals surface area contributed by atoms with Gasteiger partial charge < -0.3 is 4.90 Å². The zero-order valence-corrected chi connectivity index (χ0v) is 14.4. The number of benzene rings is 1. The van der Waals surface area contributed by atoms with Crippen molar-refractivity contribution in [1.82, 2.24) is 4.90 Å². The van der Waals surface area contributed by atoms with E-state index in [9.17, 15) is 4.79 Å². The molecule has 1 aliphatic heterocycles. The molecular weight excluding hydrogens is 305 g/mol. The number of nitrogens with zero attached hydrogens (tertiary/aromatic N) is 1. The Morgan fingerprint density at radius 1 is 1.33 bits per heavy atom. The molecule has 1 amide bonds. The van der Waals surface area contributed by atoms with Gasteiger partial charge in [-0.1, -0.05) is 43.7 Å². The number of hydrogen-bond donors (Lipinski definition) is 0. The van der Waals surface area contributed by atoms with Gasteiger partial charge in [0.2, 0.25) is 5.91 Å². The van der Waals surface area contributed by atoms with E-state index in [1.54, 1.807) is 0 Å². The fourth-order valence-corrected chi connectivity index (χ4v) is 4.17. The van der Waals surface area contributed by atoms with Crippen LogP contribution in [0.5, 0.6) is 0 Å². The quantitative estimate of drug-likeness (QED) is 0.732. The molecule has 0 aliphatic carbocycles. The van der Waals surface area contributed by atoms with Gasteiger partial charge in [-0.05, 0) is 25.8 Å². The number of amides is 1. The predicted molar refractivity (Wildman–Crippen MR) is 88.8 cm³/mol. The van der Waals surface area contributed by atoms with Crippen molar-refractivity contribution < 1.29 is 4.79 Å². The van der Waals surface area contributed by atoms with Crippen LogP contribution in [0.15, 0.2) is 30.3 Å². The SMILES string of the molecule is CCC[C@]1(Cl)C(=O)N(Cc2ccccc2)C[C@H]1C(C)(C)Cl. The monoisotopic (exact) mass is 327 g/mol. The van der Waals surface area contributed by atoms with Crippen LogP contribution >= 0.6 is 23.2 Å². The standard InChI is InChI=1S/C17H23Cl2NO/c1-4-10-17(19)14(16(2,3)18)12-20(15(17)21)11-13-8-6-5-7-9-13/h5-9,14H,4,10-12H2,1-3H3/t14-,17+/m0/s1. The van der Waals surface area contributed by atoms with E-state index >= 15 is 0 Å². The number of rotatable bonds is 5. The fraction of sp³-hybridized carbons (Fsp3) is 0.588. The average Bonchev–Trinajstić information content (AvgIpc) is 2.65. The summed E-state index contributed by atoms with van der Waals surface area (Å²) >= 11 is 13.3. The van der Waals surface area contributed by atoms with E-state index in [2.05, 4.69) is 6.92 Å². The van der Waals surface area contributed by atoms with Crippen LogP contribution in [-0.4, -0.2) is 27.1 Å². The Kier molecular flexibility index (Phi) is 4.89. The van der Waals surface area contributed by atoms with Crippen molar-refractivity contribution in [3.05, 3.63) is 35.9 Å². The lowest BCUT2D eigenvalue weighted by Gasteiger charge is -2.33. The Morgan fingerprint density at radius 2 is 1.95 bits per heavy atom. The highest BCUT2D eigenvalue weighted by atomic mass is 35.5. The molecule has 1 aromatic rings. The summed E-state index contributed by atoms with van der Waals surface area (Å²) in [6, 6.07) is 10.0. The van der Waals surface area contributed by atoms with Crippen molar-refractivity contribution in [2.45, 2.75) is 49.9 Å². The summed E-state index contributed by atoms with van der Waals surface area (Å²) in [4.78, 5) is 13.3. The average molecular weight is 328 g/mol. The summed E-state index contributed by atoms with van der Waals surface area (Å²) in [6.07, 6.45) is 1.54. The van der Waals surface area contributed by atoms with Gasteiger partial charge in [0.25, 0.3) is 0 Å². The second kappa shape index (κ2) is 6.18. The molecule has 0 aromatic heterocycles. The van der Waals surface area contributed by atoms with Gasteiger partial charge in [-0.2, -0.15) is 0 Å². The van der Waals surface area contributed by atoms with E-state index in [0.29, 0.717) is 19.5 Å². The Hall–Kier alpha value is -0.730. The highest BCUT2D eigenvalue weighted by molar-refractivity contribution is 6.37. The first-order chi connectivity index (χ1) is 9.79. The van der Waals surface area contributed by atoms with Gasteiger partial charge >= 0.3 is 0 Å². The van der Waals surface area contributed by atoms with Crippen molar-refractivity contribution in [2.24, 2.45) is 5.92 Å². The Balaban J connectivity index is 2.25. The molecule has 1 fully saturated rings. The van der Waals surface area contributed by atoms with E-state index in [0.717, 1.165) is 12.0 Å². The first-order valence-electron chi connectivity index (χ1n) is 7.50. The number of carbonyl (C=O) groups excluding carboxylic acids is 1. The van der Waals surface area contributed by atoms with E-state index in [1.807, 2.05) is 49.1 Å². The van der Waals surface area contributed by atoms with Gasteiger partial charge in [-0.25, -0.2) is 0 Å². The van der Waals surface area contributed by atoms with Crippen LogP contribution in [0.25, 0.3) is 0 Å². The Labute approximate surface area is 137 Å². The molecule has 1 heterocycles. The van der Waals surface area contributed by atoms with Crippen LogP contribution in [0.1, 0.15) is 39.2 Å². The van der Waals surface area contributed by atoms with Gasteiger partial charge in [0, 0.05) is 23.9 Å². The molecule has 4 heteroatoms. The topological polar surface area (TPSA) is 20.3 Å². The van der Waals surface area contributed by atoms with E-state index in [-0.39, 0.29) is 11.8 Å². The molecule has 2 nitrogen and oxygen atoms in total. The van der Waals surface area contributed by atoms with Gasteiger partial charge in [0.1, 0.15) is 4.87 Å². The highest BCUT2D eigenvalue weighted by Gasteiger charge is 2.56. The molecule has 2 rings (SSSR count). The number of halogens is 2. The van der Waals surface area contributed by atoms with Crippen molar-refractivity contribution in [3.63, 3.8) is 0 Å². The number of carbonyl (C=O) groups is 1. The Bertz CT molecular complexity index is 497. The second-order valence-corrected chi connectivity index (χ2v) is 8.05. The summed E-state index contributed by atoms with van der Waals surface area (Å²) in [5.41, 5.74) is 1.12. The van der Waals surface area contributed by atoms with Crippen LogP contribution in [-0.2, 0) is 11.3 Å². The second-order valence-electron chi connectivity index (χ2n) is 6.40. The van der Waals surface area contributed by atoms with Crippen molar-refractivity contribution in [3.8, 4) is 0 Å². The summed E-state index contributed by atoms with van der Waals surface area (Å²) in [7, 11) is 0. The molecule has 0 unspecified atom stereocenters.